The number of nitrogens with one attached hydrogen (secondary N) is 1. The number of alkyl halides is 1. The molecule has 1 aromatic heterocycles. The molecule has 2 atom stereocenters. The second kappa shape index (κ2) is 5.16. The highest BCUT2D eigenvalue weighted by Crippen LogP contribution is 2.16. The third-order valence-electron chi connectivity index (χ3n) is 2.29. The summed E-state index contributed by atoms with van der Waals surface area (Å²) in [6.45, 7) is 5.76. The van der Waals surface area contributed by atoms with Crippen molar-refractivity contribution in [2.75, 3.05) is 5.32 Å². The highest BCUT2D eigenvalue weighted by atomic mass is 35.5. The summed E-state index contributed by atoms with van der Waals surface area (Å²) in [6, 6.07) is 2.03. The summed E-state index contributed by atoms with van der Waals surface area (Å²) in [4.78, 5) is 11.4. The molecule has 4 nitrogen and oxygen atoms in total. The molecule has 0 radical (unpaired) electrons. The Morgan fingerprint density at radius 1 is 1.67 bits per heavy atom. The van der Waals surface area contributed by atoms with Gasteiger partial charge in [0.25, 0.3) is 0 Å². The first-order valence-corrected chi connectivity index (χ1v) is 5.48. The Morgan fingerprint density at radius 2 is 2.33 bits per heavy atom. The van der Waals surface area contributed by atoms with Crippen LogP contribution in [-0.4, -0.2) is 21.1 Å². The topological polar surface area (TPSA) is 46.9 Å². The first kappa shape index (κ1) is 12.0. The first-order chi connectivity index (χ1) is 7.06. The summed E-state index contributed by atoms with van der Waals surface area (Å²) in [5.74, 6) is 0.489. The van der Waals surface area contributed by atoms with Gasteiger partial charge < -0.3 is 5.32 Å². The van der Waals surface area contributed by atoms with E-state index in [1.807, 2.05) is 6.92 Å². The van der Waals surface area contributed by atoms with Gasteiger partial charge in [-0.3, -0.25) is 4.79 Å². The highest BCUT2D eigenvalue weighted by Gasteiger charge is 2.13. The number of amides is 1. The molecule has 5 heteroatoms. The van der Waals surface area contributed by atoms with Gasteiger partial charge in [-0.05, 0) is 20.3 Å². The summed E-state index contributed by atoms with van der Waals surface area (Å²) in [7, 11) is 0. The molecule has 0 bridgehead atoms. The van der Waals surface area contributed by atoms with E-state index in [2.05, 4.69) is 17.3 Å². The molecule has 0 spiro atoms. The van der Waals surface area contributed by atoms with Crippen molar-refractivity contribution in [3.05, 3.63) is 12.3 Å². The van der Waals surface area contributed by atoms with Gasteiger partial charge in [0.1, 0.15) is 11.2 Å². The highest BCUT2D eigenvalue weighted by molar-refractivity contribution is 6.32. The zero-order valence-electron chi connectivity index (χ0n) is 9.20. The summed E-state index contributed by atoms with van der Waals surface area (Å²) in [5, 5.41) is 6.36. The van der Waals surface area contributed by atoms with Gasteiger partial charge in [-0.1, -0.05) is 6.92 Å². The quantitative estimate of drug-likeness (QED) is 0.806. The van der Waals surface area contributed by atoms with Crippen molar-refractivity contribution in [1.82, 2.24) is 9.78 Å². The second-order valence-electron chi connectivity index (χ2n) is 3.52. The minimum absolute atomic E-state index is 0.207. The van der Waals surface area contributed by atoms with Gasteiger partial charge in [0.2, 0.25) is 5.91 Å². The molecule has 84 valence electrons. The zero-order chi connectivity index (χ0) is 11.4. The standard InChI is InChI=1S/C10H16ClN3O/c1-4-7(2)14-9(5-6-12-14)13-10(15)8(3)11/h5-8H,4H2,1-3H3,(H,13,15)/t7-,8-/m0/s1. The molecule has 0 aliphatic heterocycles. The number of nitrogens with zero attached hydrogens (tertiary/aromatic N) is 2. The monoisotopic (exact) mass is 229 g/mol. The van der Waals surface area contributed by atoms with Crippen molar-refractivity contribution in [2.45, 2.75) is 38.6 Å². The SMILES string of the molecule is CC[C@H](C)n1nccc1NC(=O)[C@H](C)Cl. The lowest BCUT2D eigenvalue weighted by molar-refractivity contribution is -0.115. The summed E-state index contributed by atoms with van der Waals surface area (Å²) in [6.07, 6.45) is 2.63. The Morgan fingerprint density at radius 3 is 2.87 bits per heavy atom. The van der Waals surface area contributed by atoms with Gasteiger partial charge in [-0.15, -0.1) is 11.6 Å². The van der Waals surface area contributed by atoms with Crippen LogP contribution in [0.4, 0.5) is 5.82 Å². The van der Waals surface area contributed by atoms with Crippen LogP contribution in [0.15, 0.2) is 12.3 Å². The number of anilines is 1. The van der Waals surface area contributed by atoms with Gasteiger partial charge >= 0.3 is 0 Å². The molecule has 1 heterocycles. The predicted molar refractivity (Wildman–Crippen MR) is 61.2 cm³/mol. The van der Waals surface area contributed by atoms with Crippen LogP contribution in [0.1, 0.15) is 33.2 Å². The van der Waals surface area contributed by atoms with E-state index in [-0.39, 0.29) is 11.9 Å². The number of rotatable bonds is 4. The van der Waals surface area contributed by atoms with Crippen molar-refractivity contribution in [1.29, 1.82) is 0 Å². The molecule has 0 aromatic carbocycles. The average molecular weight is 230 g/mol. The van der Waals surface area contributed by atoms with Crippen LogP contribution in [0.3, 0.4) is 0 Å². The van der Waals surface area contributed by atoms with Gasteiger partial charge in [-0.2, -0.15) is 5.10 Å². The van der Waals surface area contributed by atoms with Crippen LogP contribution in [0.5, 0.6) is 0 Å². The molecule has 0 fully saturated rings. The van der Waals surface area contributed by atoms with E-state index >= 15 is 0 Å². The van der Waals surface area contributed by atoms with Crippen molar-refractivity contribution in [2.24, 2.45) is 0 Å². The Hall–Kier alpha value is -1.03. The van der Waals surface area contributed by atoms with E-state index in [1.54, 1.807) is 23.9 Å². The van der Waals surface area contributed by atoms with E-state index in [9.17, 15) is 4.79 Å². The first-order valence-electron chi connectivity index (χ1n) is 5.04. The molecule has 0 aliphatic rings. The van der Waals surface area contributed by atoms with Crippen molar-refractivity contribution < 1.29 is 4.79 Å². The molecule has 1 rings (SSSR count). The average Bonchev–Trinajstić information content (AvgIpc) is 2.64. The molecular formula is C10H16ClN3O. The van der Waals surface area contributed by atoms with Crippen LogP contribution in [0.2, 0.25) is 0 Å². The Labute approximate surface area is 94.6 Å². The molecule has 15 heavy (non-hydrogen) atoms. The predicted octanol–water partition coefficient (Wildman–Crippen LogP) is 2.42. The largest absolute Gasteiger partial charge is 0.310 e. The lowest BCUT2D eigenvalue weighted by Crippen LogP contribution is -2.23. The van der Waals surface area contributed by atoms with Crippen LogP contribution >= 0.6 is 11.6 Å². The summed E-state index contributed by atoms with van der Waals surface area (Å²) < 4.78 is 1.79. The Bertz CT molecular complexity index is 335. The van der Waals surface area contributed by atoms with Crippen molar-refractivity contribution in [3.8, 4) is 0 Å². The lowest BCUT2D eigenvalue weighted by Gasteiger charge is -2.14. The van der Waals surface area contributed by atoms with E-state index in [0.717, 1.165) is 6.42 Å². The lowest BCUT2D eigenvalue weighted by atomic mass is 10.3. The van der Waals surface area contributed by atoms with E-state index in [1.165, 1.54) is 0 Å². The third-order valence-corrected chi connectivity index (χ3v) is 2.49. The van der Waals surface area contributed by atoms with Gasteiger partial charge in [0.15, 0.2) is 0 Å². The number of carbonyl (C=O) groups is 1. The molecule has 0 aliphatic carbocycles. The Kier molecular flexibility index (Phi) is 4.15. The number of hydrogen-bond acceptors (Lipinski definition) is 2. The van der Waals surface area contributed by atoms with E-state index < -0.39 is 5.38 Å². The maximum Gasteiger partial charge on any atom is 0.243 e. The van der Waals surface area contributed by atoms with Crippen LogP contribution in [0, 0.1) is 0 Å². The van der Waals surface area contributed by atoms with E-state index in [4.69, 9.17) is 11.6 Å². The zero-order valence-corrected chi connectivity index (χ0v) is 9.95. The van der Waals surface area contributed by atoms with Gasteiger partial charge in [0.05, 0.1) is 12.2 Å². The maximum atomic E-state index is 11.4. The van der Waals surface area contributed by atoms with Crippen LogP contribution in [0.25, 0.3) is 0 Å². The number of hydrogen-bond donors (Lipinski definition) is 1. The van der Waals surface area contributed by atoms with Crippen molar-refractivity contribution in [3.63, 3.8) is 0 Å². The minimum Gasteiger partial charge on any atom is -0.310 e. The molecule has 1 N–H and O–H groups in total. The van der Waals surface area contributed by atoms with Gasteiger partial charge in [-0.25, -0.2) is 4.68 Å². The minimum atomic E-state index is -0.537. The summed E-state index contributed by atoms with van der Waals surface area (Å²) >= 11 is 5.67. The van der Waals surface area contributed by atoms with Crippen molar-refractivity contribution >= 4 is 23.3 Å². The fourth-order valence-corrected chi connectivity index (χ4v) is 1.22. The molecular weight excluding hydrogens is 214 g/mol. The molecule has 1 aromatic rings. The van der Waals surface area contributed by atoms with Crippen LogP contribution < -0.4 is 5.32 Å². The number of carbonyl (C=O) groups excluding carboxylic acids is 1. The number of halogens is 1. The molecule has 0 unspecified atom stereocenters. The smallest absolute Gasteiger partial charge is 0.243 e. The van der Waals surface area contributed by atoms with Gasteiger partial charge in [0, 0.05) is 6.07 Å². The Balaban J connectivity index is 2.77. The normalized spacial score (nSPS) is 14.7. The molecule has 0 saturated heterocycles. The third kappa shape index (κ3) is 2.96. The fraction of sp³-hybridized carbons (Fsp3) is 0.600. The van der Waals surface area contributed by atoms with Crippen LogP contribution in [-0.2, 0) is 4.79 Å². The number of aromatic nitrogens is 2. The summed E-state index contributed by atoms with van der Waals surface area (Å²) in [5.41, 5.74) is 0. The molecule has 0 saturated carbocycles. The molecule has 1 amide bonds. The second-order valence-corrected chi connectivity index (χ2v) is 4.18. The maximum absolute atomic E-state index is 11.4. The fourth-order valence-electron chi connectivity index (χ4n) is 1.16. The van der Waals surface area contributed by atoms with E-state index in [0.29, 0.717) is 5.82 Å².